The number of hydrogen-bond acceptors (Lipinski definition) is 5. The number of likely N-dealkylation sites (N-methyl/N-ethyl adjacent to an activating group) is 1. The Bertz CT molecular complexity index is 470. The summed E-state index contributed by atoms with van der Waals surface area (Å²) in [6, 6.07) is 2.84. The zero-order valence-corrected chi connectivity index (χ0v) is 11.5. The van der Waals surface area contributed by atoms with E-state index in [9.17, 15) is 10.1 Å². The first-order valence-electron chi connectivity index (χ1n) is 6.21. The van der Waals surface area contributed by atoms with Crippen molar-refractivity contribution < 1.29 is 9.66 Å². The van der Waals surface area contributed by atoms with Crippen LogP contribution in [0.5, 0.6) is 5.88 Å². The minimum atomic E-state index is -0.507. The summed E-state index contributed by atoms with van der Waals surface area (Å²) in [4.78, 5) is 16.4. The first-order valence-corrected chi connectivity index (χ1v) is 6.59. The average Bonchev–Trinajstić information content (AvgIpc) is 2.37. The molecule has 104 valence electrons. The fourth-order valence-corrected chi connectivity index (χ4v) is 2.37. The second-order valence-corrected chi connectivity index (χ2v) is 5.07. The van der Waals surface area contributed by atoms with Gasteiger partial charge in [0.1, 0.15) is 11.8 Å². The number of piperidine rings is 1. The van der Waals surface area contributed by atoms with Gasteiger partial charge >= 0.3 is 0 Å². The molecule has 1 aromatic rings. The van der Waals surface area contributed by atoms with Crippen LogP contribution in [0.15, 0.2) is 12.1 Å². The zero-order valence-electron chi connectivity index (χ0n) is 10.7. The van der Waals surface area contributed by atoms with Crippen LogP contribution in [0.2, 0.25) is 5.15 Å². The molecule has 0 amide bonds. The van der Waals surface area contributed by atoms with Crippen molar-refractivity contribution in [3.63, 3.8) is 0 Å². The number of nitro groups is 1. The van der Waals surface area contributed by atoms with Gasteiger partial charge in [0.05, 0.1) is 17.1 Å². The summed E-state index contributed by atoms with van der Waals surface area (Å²) in [5.74, 6) is 0.207. The van der Waals surface area contributed by atoms with E-state index in [1.807, 2.05) is 0 Å². The van der Waals surface area contributed by atoms with Gasteiger partial charge in [-0.05, 0) is 26.4 Å². The molecule has 0 N–H and O–H groups in total. The van der Waals surface area contributed by atoms with Gasteiger partial charge in [0.2, 0.25) is 5.88 Å². The number of halogens is 1. The van der Waals surface area contributed by atoms with Crippen LogP contribution >= 0.6 is 11.6 Å². The van der Waals surface area contributed by atoms with Crippen LogP contribution in [0.3, 0.4) is 0 Å². The summed E-state index contributed by atoms with van der Waals surface area (Å²) in [5, 5.41) is 10.8. The SMILES string of the molecule is CN1CCCCC1COc1cc([N+](=O)[O-])cc(Cl)n1. The van der Waals surface area contributed by atoms with Gasteiger partial charge < -0.3 is 9.64 Å². The molecule has 1 unspecified atom stereocenters. The molecule has 6 nitrogen and oxygen atoms in total. The molecule has 7 heteroatoms. The third-order valence-corrected chi connectivity index (χ3v) is 3.50. The van der Waals surface area contributed by atoms with Crippen LogP contribution in [0.25, 0.3) is 0 Å². The van der Waals surface area contributed by atoms with Crippen molar-refractivity contribution in [2.45, 2.75) is 25.3 Å². The maximum absolute atomic E-state index is 10.7. The first kappa shape index (κ1) is 14.0. The second-order valence-electron chi connectivity index (χ2n) is 4.68. The molecule has 1 fully saturated rings. The van der Waals surface area contributed by atoms with Crippen molar-refractivity contribution in [2.24, 2.45) is 0 Å². The van der Waals surface area contributed by atoms with Crippen molar-refractivity contribution in [3.05, 3.63) is 27.4 Å². The number of hydrogen-bond donors (Lipinski definition) is 0. The van der Waals surface area contributed by atoms with Crippen molar-refractivity contribution >= 4 is 17.3 Å². The summed E-state index contributed by atoms with van der Waals surface area (Å²) in [6.07, 6.45) is 3.45. The summed E-state index contributed by atoms with van der Waals surface area (Å²) in [5.41, 5.74) is -0.105. The molecule has 19 heavy (non-hydrogen) atoms. The van der Waals surface area contributed by atoms with Gasteiger partial charge in [-0.3, -0.25) is 10.1 Å². The maximum Gasteiger partial charge on any atom is 0.277 e. The number of pyridine rings is 1. The fraction of sp³-hybridized carbons (Fsp3) is 0.583. The Balaban J connectivity index is 2.00. The maximum atomic E-state index is 10.7. The van der Waals surface area contributed by atoms with Crippen LogP contribution in [0.1, 0.15) is 19.3 Å². The predicted octanol–water partition coefficient (Wildman–Crippen LogP) is 2.51. The molecule has 2 heterocycles. The third-order valence-electron chi connectivity index (χ3n) is 3.31. The van der Waals surface area contributed by atoms with Gasteiger partial charge in [-0.1, -0.05) is 18.0 Å². The van der Waals surface area contributed by atoms with Gasteiger partial charge in [0.25, 0.3) is 5.69 Å². The Morgan fingerprint density at radius 2 is 2.37 bits per heavy atom. The number of likely N-dealkylation sites (tertiary alicyclic amines) is 1. The number of ether oxygens (including phenoxy) is 1. The molecule has 0 bridgehead atoms. The normalized spacial score (nSPS) is 20.2. The van der Waals surface area contributed by atoms with E-state index in [4.69, 9.17) is 16.3 Å². The van der Waals surface area contributed by atoms with Gasteiger partial charge in [0.15, 0.2) is 0 Å². The molecule has 0 spiro atoms. The Morgan fingerprint density at radius 3 is 3.05 bits per heavy atom. The number of aromatic nitrogens is 1. The molecule has 1 atom stereocenters. The molecule has 1 saturated heterocycles. The number of nitrogens with zero attached hydrogens (tertiary/aromatic N) is 3. The van der Waals surface area contributed by atoms with E-state index in [-0.39, 0.29) is 16.7 Å². The lowest BCUT2D eigenvalue weighted by Crippen LogP contribution is -2.40. The van der Waals surface area contributed by atoms with Crippen LogP contribution in [-0.4, -0.2) is 41.0 Å². The fourth-order valence-electron chi connectivity index (χ4n) is 2.18. The topological polar surface area (TPSA) is 68.5 Å². The summed E-state index contributed by atoms with van der Waals surface area (Å²) < 4.78 is 5.55. The summed E-state index contributed by atoms with van der Waals surface area (Å²) in [6.45, 7) is 1.53. The molecule has 0 aliphatic carbocycles. The molecule has 2 rings (SSSR count). The van der Waals surface area contributed by atoms with Gasteiger partial charge in [-0.15, -0.1) is 0 Å². The Hall–Kier alpha value is -1.40. The van der Waals surface area contributed by atoms with Crippen molar-refractivity contribution in [2.75, 3.05) is 20.2 Å². The molecular weight excluding hydrogens is 270 g/mol. The van der Waals surface area contributed by atoms with Crippen molar-refractivity contribution in [1.82, 2.24) is 9.88 Å². The highest BCUT2D eigenvalue weighted by Crippen LogP contribution is 2.23. The molecule has 0 radical (unpaired) electrons. The third kappa shape index (κ3) is 3.78. The van der Waals surface area contributed by atoms with Crippen LogP contribution < -0.4 is 4.74 Å². The molecular formula is C12H16ClN3O3. The van der Waals surface area contributed by atoms with E-state index in [2.05, 4.69) is 16.9 Å². The standard InChI is InChI=1S/C12H16ClN3O3/c1-15-5-3-2-4-9(15)8-19-12-7-10(16(17)18)6-11(13)14-12/h6-7,9H,2-5,8H2,1H3. The smallest absolute Gasteiger partial charge is 0.277 e. The summed E-state index contributed by atoms with van der Waals surface area (Å²) in [7, 11) is 2.06. The minimum absolute atomic E-state index is 0.0706. The van der Waals surface area contributed by atoms with Gasteiger partial charge in [-0.2, -0.15) is 0 Å². The molecule has 0 saturated carbocycles. The quantitative estimate of drug-likeness (QED) is 0.483. The molecule has 1 aromatic heterocycles. The van der Waals surface area contributed by atoms with E-state index in [0.717, 1.165) is 13.0 Å². The van der Waals surface area contributed by atoms with E-state index in [1.165, 1.54) is 25.0 Å². The summed E-state index contributed by atoms with van der Waals surface area (Å²) >= 11 is 5.74. The van der Waals surface area contributed by atoms with E-state index in [0.29, 0.717) is 12.6 Å². The minimum Gasteiger partial charge on any atom is -0.476 e. The highest BCUT2D eigenvalue weighted by molar-refractivity contribution is 6.29. The van der Waals surface area contributed by atoms with Crippen LogP contribution in [-0.2, 0) is 0 Å². The highest BCUT2D eigenvalue weighted by Gasteiger charge is 2.20. The number of rotatable bonds is 4. The van der Waals surface area contributed by atoms with E-state index < -0.39 is 4.92 Å². The van der Waals surface area contributed by atoms with Crippen LogP contribution in [0, 0.1) is 10.1 Å². The lowest BCUT2D eigenvalue weighted by molar-refractivity contribution is -0.385. The Kier molecular flexibility index (Phi) is 4.55. The Labute approximate surface area is 116 Å². The lowest BCUT2D eigenvalue weighted by atomic mass is 10.0. The van der Waals surface area contributed by atoms with E-state index >= 15 is 0 Å². The molecule has 1 aliphatic rings. The van der Waals surface area contributed by atoms with Gasteiger partial charge in [0, 0.05) is 6.04 Å². The zero-order chi connectivity index (χ0) is 13.8. The van der Waals surface area contributed by atoms with Crippen molar-refractivity contribution in [3.8, 4) is 5.88 Å². The monoisotopic (exact) mass is 285 g/mol. The first-order chi connectivity index (χ1) is 9.06. The van der Waals surface area contributed by atoms with Crippen molar-refractivity contribution in [1.29, 1.82) is 0 Å². The lowest BCUT2D eigenvalue weighted by Gasteiger charge is -2.31. The highest BCUT2D eigenvalue weighted by atomic mass is 35.5. The molecule has 1 aliphatic heterocycles. The molecule has 0 aromatic carbocycles. The van der Waals surface area contributed by atoms with Crippen LogP contribution in [0.4, 0.5) is 5.69 Å². The second kappa shape index (κ2) is 6.16. The van der Waals surface area contributed by atoms with Gasteiger partial charge in [-0.25, -0.2) is 4.98 Å². The largest absolute Gasteiger partial charge is 0.476 e. The Morgan fingerprint density at radius 1 is 1.58 bits per heavy atom. The predicted molar refractivity (Wildman–Crippen MR) is 71.7 cm³/mol. The average molecular weight is 286 g/mol. The van der Waals surface area contributed by atoms with E-state index in [1.54, 1.807) is 0 Å².